The van der Waals surface area contributed by atoms with Crippen LogP contribution in [0.15, 0.2) is 82.6 Å². The van der Waals surface area contributed by atoms with Crippen LogP contribution >= 0.6 is 0 Å². The summed E-state index contributed by atoms with van der Waals surface area (Å²) in [4.78, 5) is 0.0662. The molecule has 0 aliphatic carbocycles. The van der Waals surface area contributed by atoms with E-state index in [1.165, 1.54) is 60.7 Å². The lowest BCUT2D eigenvalue weighted by molar-refractivity contribution is 0.587. The van der Waals surface area contributed by atoms with E-state index in [0.717, 1.165) is 37.7 Å². The van der Waals surface area contributed by atoms with E-state index < -0.39 is 30.1 Å². The third-order valence-electron chi connectivity index (χ3n) is 5.93. The third-order valence-corrected chi connectivity index (χ3v) is 10.1. The van der Waals surface area contributed by atoms with Gasteiger partial charge in [0, 0.05) is 17.1 Å². The van der Waals surface area contributed by atoms with E-state index in [9.17, 15) is 25.3 Å². The van der Waals surface area contributed by atoms with Crippen LogP contribution < -0.4 is 14.2 Å². The van der Waals surface area contributed by atoms with Crippen molar-refractivity contribution in [2.75, 3.05) is 19.9 Å². The normalized spacial score (nSPS) is 12.2. The molecule has 3 aromatic rings. The molecular weight excluding hydrogens is 559 g/mol. The average Bonchev–Trinajstić information content (AvgIpc) is 2.87. The van der Waals surface area contributed by atoms with Gasteiger partial charge in [0.15, 0.2) is 0 Å². The minimum absolute atomic E-state index is 0.0118. The minimum Gasteiger partial charge on any atom is -0.284 e. The number of hydrogen-bond donors (Lipinski definition) is 3. The van der Waals surface area contributed by atoms with Crippen molar-refractivity contribution in [2.45, 2.75) is 62.2 Å². The Kier molecular flexibility index (Phi) is 10.4. The lowest BCUT2D eigenvalue weighted by Crippen LogP contribution is -2.17. The quantitative estimate of drug-likeness (QED) is 0.193. The van der Waals surface area contributed by atoms with Crippen LogP contribution in [0.1, 0.15) is 51.0 Å². The second-order valence-corrected chi connectivity index (χ2v) is 14.5. The van der Waals surface area contributed by atoms with Crippen LogP contribution in [0, 0.1) is 6.92 Å². The Hall–Kier alpha value is -3.09. The van der Waals surface area contributed by atoms with Gasteiger partial charge in [0.2, 0.25) is 10.0 Å². The Balaban J connectivity index is 1.57. The van der Waals surface area contributed by atoms with Crippen molar-refractivity contribution in [3.63, 3.8) is 0 Å². The van der Waals surface area contributed by atoms with Crippen molar-refractivity contribution in [3.8, 4) is 0 Å². The lowest BCUT2D eigenvalue weighted by atomic mass is 10.1. The predicted molar refractivity (Wildman–Crippen MR) is 156 cm³/mol. The van der Waals surface area contributed by atoms with Crippen molar-refractivity contribution < 1.29 is 25.3 Å². The first-order valence-corrected chi connectivity index (χ1v) is 17.3. The molecule has 0 aliphatic rings. The van der Waals surface area contributed by atoms with Crippen LogP contribution in [0.5, 0.6) is 0 Å². The molecule has 212 valence electrons. The summed E-state index contributed by atoms with van der Waals surface area (Å²) in [5.74, 6) is 0.0118. The standard InChI is InChI=1S/C27H35N3O6S3/c1-3-4-5-6-7-8-21-37(31,32)28-23-15-19-27(20-16-23)39(35,36)30-25-13-11-24(12-14-25)29-38(33,34)26-17-9-22(2)10-18-26/h9-20,28-30H,3-8,21H2,1-2H3. The van der Waals surface area contributed by atoms with Gasteiger partial charge in [-0.15, -0.1) is 0 Å². The summed E-state index contributed by atoms with van der Waals surface area (Å²) in [5, 5.41) is 0. The van der Waals surface area contributed by atoms with E-state index in [-0.39, 0.29) is 32.6 Å². The molecule has 0 radical (unpaired) electrons. The van der Waals surface area contributed by atoms with E-state index in [1.54, 1.807) is 12.1 Å². The van der Waals surface area contributed by atoms with E-state index in [1.807, 2.05) is 6.92 Å². The second kappa shape index (κ2) is 13.3. The van der Waals surface area contributed by atoms with Gasteiger partial charge in [-0.05, 0) is 74.0 Å². The first-order chi connectivity index (χ1) is 18.4. The Morgan fingerprint density at radius 2 is 0.897 bits per heavy atom. The van der Waals surface area contributed by atoms with Crippen molar-refractivity contribution in [1.82, 2.24) is 0 Å². The molecule has 0 heterocycles. The molecular formula is C27H35N3O6S3. The van der Waals surface area contributed by atoms with Gasteiger partial charge in [0.25, 0.3) is 20.0 Å². The van der Waals surface area contributed by atoms with Gasteiger partial charge in [0.05, 0.1) is 15.5 Å². The Bertz CT molecular complexity index is 1540. The number of hydrogen-bond acceptors (Lipinski definition) is 6. The summed E-state index contributed by atoms with van der Waals surface area (Å²) in [6, 6.07) is 17.6. The summed E-state index contributed by atoms with van der Waals surface area (Å²) < 4.78 is 82.8. The molecule has 12 heteroatoms. The maximum Gasteiger partial charge on any atom is 0.261 e. The lowest BCUT2D eigenvalue weighted by Gasteiger charge is -2.12. The number of rotatable bonds is 15. The summed E-state index contributed by atoms with van der Waals surface area (Å²) in [6.45, 7) is 3.98. The smallest absolute Gasteiger partial charge is 0.261 e. The summed E-state index contributed by atoms with van der Waals surface area (Å²) in [5.41, 5.74) is 1.73. The van der Waals surface area contributed by atoms with Gasteiger partial charge >= 0.3 is 0 Å². The Morgan fingerprint density at radius 3 is 1.38 bits per heavy atom. The fourth-order valence-electron chi connectivity index (χ4n) is 3.76. The molecule has 3 N–H and O–H groups in total. The molecule has 0 spiro atoms. The monoisotopic (exact) mass is 593 g/mol. The van der Waals surface area contributed by atoms with Crippen molar-refractivity contribution in [2.24, 2.45) is 0 Å². The molecule has 0 saturated heterocycles. The fraction of sp³-hybridized carbons (Fsp3) is 0.333. The molecule has 0 bridgehead atoms. The summed E-state index contributed by atoms with van der Waals surface area (Å²) in [6.07, 6.45) is 5.81. The van der Waals surface area contributed by atoms with Crippen LogP contribution in [0.25, 0.3) is 0 Å². The molecule has 39 heavy (non-hydrogen) atoms. The predicted octanol–water partition coefficient (Wildman–Crippen LogP) is 5.70. The molecule has 0 unspecified atom stereocenters. The number of unbranched alkanes of at least 4 members (excludes halogenated alkanes) is 5. The number of sulfonamides is 3. The first-order valence-electron chi connectivity index (χ1n) is 12.7. The molecule has 0 fully saturated rings. The summed E-state index contributed by atoms with van der Waals surface area (Å²) in [7, 11) is -11.3. The van der Waals surface area contributed by atoms with Crippen LogP contribution in [0.4, 0.5) is 17.1 Å². The highest BCUT2D eigenvalue weighted by Gasteiger charge is 2.17. The molecule has 0 saturated carbocycles. The zero-order valence-corrected chi connectivity index (χ0v) is 24.5. The largest absolute Gasteiger partial charge is 0.284 e. The van der Waals surface area contributed by atoms with Crippen LogP contribution in [0.2, 0.25) is 0 Å². The summed E-state index contributed by atoms with van der Waals surface area (Å²) >= 11 is 0. The van der Waals surface area contributed by atoms with Crippen molar-refractivity contribution in [3.05, 3.63) is 78.4 Å². The molecule has 3 rings (SSSR count). The molecule has 9 nitrogen and oxygen atoms in total. The van der Waals surface area contributed by atoms with Gasteiger partial charge in [0.1, 0.15) is 0 Å². The molecule has 3 aromatic carbocycles. The molecule has 0 aromatic heterocycles. The van der Waals surface area contributed by atoms with Crippen molar-refractivity contribution in [1.29, 1.82) is 0 Å². The molecule has 0 amide bonds. The van der Waals surface area contributed by atoms with Crippen LogP contribution in [-0.2, 0) is 30.1 Å². The Morgan fingerprint density at radius 1 is 0.513 bits per heavy atom. The van der Waals surface area contributed by atoms with Gasteiger partial charge in [-0.25, -0.2) is 25.3 Å². The zero-order valence-electron chi connectivity index (χ0n) is 22.1. The molecule has 0 atom stereocenters. The number of benzene rings is 3. The SMILES string of the molecule is CCCCCCCCS(=O)(=O)Nc1ccc(S(=O)(=O)Nc2ccc(NS(=O)(=O)c3ccc(C)cc3)cc2)cc1. The minimum atomic E-state index is -3.96. The van der Waals surface area contributed by atoms with Crippen LogP contribution in [-0.4, -0.2) is 31.0 Å². The topological polar surface area (TPSA) is 139 Å². The van der Waals surface area contributed by atoms with Crippen LogP contribution in [0.3, 0.4) is 0 Å². The van der Waals surface area contributed by atoms with E-state index >= 15 is 0 Å². The molecule has 0 aliphatic heterocycles. The van der Waals surface area contributed by atoms with Crippen molar-refractivity contribution >= 4 is 47.1 Å². The number of nitrogens with one attached hydrogen (secondary N) is 3. The highest BCUT2D eigenvalue weighted by Crippen LogP contribution is 2.22. The third kappa shape index (κ3) is 9.55. The Labute approximate surface area is 232 Å². The average molecular weight is 594 g/mol. The fourth-order valence-corrected chi connectivity index (χ4v) is 7.06. The first kappa shape index (κ1) is 30.5. The maximum atomic E-state index is 12.8. The number of anilines is 3. The highest BCUT2D eigenvalue weighted by molar-refractivity contribution is 7.93. The maximum absolute atomic E-state index is 12.8. The highest BCUT2D eigenvalue weighted by atomic mass is 32.2. The van der Waals surface area contributed by atoms with Gasteiger partial charge in [-0.1, -0.05) is 56.7 Å². The van der Waals surface area contributed by atoms with Gasteiger partial charge in [-0.2, -0.15) is 0 Å². The van der Waals surface area contributed by atoms with Gasteiger partial charge < -0.3 is 0 Å². The van der Waals surface area contributed by atoms with E-state index in [4.69, 9.17) is 0 Å². The second-order valence-electron chi connectivity index (χ2n) is 9.31. The van der Waals surface area contributed by atoms with E-state index in [0.29, 0.717) is 6.42 Å². The number of aryl methyl sites for hydroxylation is 1. The zero-order chi connectivity index (χ0) is 28.5. The van der Waals surface area contributed by atoms with E-state index in [2.05, 4.69) is 21.1 Å². The van der Waals surface area contributed by atoms with Gasteiger partial charge in [-0.3, -0.25) is 14.2 Å².